The molecule has 0 aliphatic carbocycles. The van der Waals surface area contributed by atoms with Crippen LogP contribution in [0.25, 0.3) is 22.5 Å². The van der Waals surface area contributed by atoms with Gasteiger partial charge in [0.2, 0.25) is 5.82 Å². The second-order valence-corrected chi connectivity index (χ2v) is 9.00. The number of carbonyl (C=O) groups is 1. The molecule has 0 atom stereocenters. The third-order valence-electron chi connectivity index (χ3n) is 6.81. The Labute approximate surface area is 221 Å². The van der Waals surface area contributed by atoms with Crippen molar-refractivity contribution in [2.45, 2.75) is 5.54 Å². The minimum Gasteiger partial charge on any atom is -0.298 e. The van der Waals surface area contributed by atoms with Gasteiger partial charge in [-0.2, -0.15) is 0 Å². The van der Waals surface area contributed by atoms with Crippen LogP contribution in [-0.4, -0.2) is 26.5 Å². The van der Waals surface area contributed by atoms with Crippen LogP contribution in [0.2, 0.25) is 0 Å². The molecule has 5 heteroatoms. The van der Waals surface area contributed by atoms with Gasteiger partial charge >= 0.3 is 0 Å². The largest absolute Gasteiger partial charge is 0.298 e. The second-order valence-electron chi connectivity index (χ2n) is 9.00. The van der Waals surface area contributed by atoms with Crippen molar-refractivity contribution < 1.29 is 4.79 Å². The van der Waals surface area contributed by atoms with Crippen molar-refractivity contribution in [3.63, 3.8) is 0 Å². The molecule has 5 aromatic carbocycles. The van der Waals surface area contributed by atoms with Gasteiger partial charge in [-0.3, -0.25) is 4.79 Å². The Morgan fingerprint density at radius 2 is 1.03 bits per heavy atom. The van der Waals surface area contributed by atoms with E-state index in [0.717, 1.165) is 39.7 Å². The molecule has 0 aliphatic rings. The van der Waals surface area contributed by atoms with Gasteiger partial charge in [0.15, 0.2) is 5.54 Å². The quantitative estimate of drug-likeness (QED) is 0.185. The topological polar surface area (TPSA) is 60.7 Å². The number of rotatable bonds is 7. The Balaban J connectivity index is 1.58. The first-order chi connectivity index (χ1) is 18.8. The number of aldehydes is 1. The van der Waals surface area contributed by atoms with Crippen LogP contribution in [0.4, 0.5) is 0 Å². The van der Waals surface area contributed by atoms with E-state index in [-0.39, 0.29) is 0 Å². The van der Waals surface area contributed by atoms with Crippen molar-refractivity contribution in [1.29, 1.82) is 0 Å². The monoisotopic (exact) mass is 492 g/mol. The zero-order valence-electron chi connectivity index (χ0n) is 20.6. The van der Waals surface area contributed by atoms with E-state index in [1.807, 2.05) is 103 Å². The smallest absolute Gasteiger partial charge is 0.205 e. The molecule has 0 bridgehead atoms. The molecule has 5 nitrogen and oxygen atoms in total. The molecule has 1 aromatic heterocycles. The lowest BCUT2D eigenvalue weighted by atomic mass is 9.77. The Morgan fingerprint density at radius 3 is 1.53 bits per heavy atom. The lowest BCUT2D eigenvalue weighted by Crippen LogP contribution is -2.39. The molecule has 38 heavy (non-hydrogen) atoms. The SMILES string of the molecule is O=Cc1ccc(-c2ccccc2-c2nnn(C(c3ccccc3)(c3ccccc3)c3ccccc3)n2)cc1. The third-order valence-corrected chi connectivity index (χ3v) is 6.81. The van der Waals surface area contributed by atoms with Gasteiger partial charge < -0.3 is 0 Å². The molecule has 0 saturated heterocycles. The van der Waals surface area contributed by atoms with Gasteiger partial charge in [0.25, 0.3) is 0 Å². The van der Waals surface area contributed by atoms with Crippen LogP contribution in [0.5, 0.6) is 0 Å². The van der Waals surface area contributed by atoms with E-state index in [0.29, 0.717) is 11.4 Å². The highest BCUT2D eigenvalue weighted by Crippen LogP contribution is 2.40. The van der Waals surface area contributed by atoms with Crippen LogP contribution in [0.15, 0.2) is 140 Å². The number of hydrogen-bond donors (Lipinski definition) is 0. The van der Waals surface area contributed by atoms with Crippen LogP contribution >= 0.6 is 0 Å². The molecule has 0 saturated carbocycles. The maximum atomic E-state index is 11.2. The summed E-state index contributed by atoms with van der Waals surface area (Å²) < 4.78 is 0. The van der Waals surface area contributed by atoms with Crippen LogP contribution < -0.4 is 0 Å². The van der Waals surface area contributed by atoms with Gasteiger partial charge in [0.1, 0.15) is 6.29 Å². The predicted octanol–water partition coefficient (Wildman–Crippen LogP) is 6.66. The number of tetrazole rings is 1. The van der Waals surface area contributed by atoms with E-state index in [1.54, 1.807) is 4.80 Å². The van der Waals surface area contributed by atoms with Crippen molar-refractivity contribution in [3.8, 4) is 22.5 Å². The van der Waals surface area contributed by atoms with Gasteiger partial charge in [-0.1, -0.05) is 140 Å². The number of benzene rings is 5. The van der Waals surface area contributed by atoms with Gasteiger partial charge in [0, 0.05) is 11.1 Å². The maximum Gasteiger partial charge on any atom is 0.205 e. The molecular weight excluding hydrogens is 468 g/mol. The van der Waals surface area contributed by atoms with Crippen LogP contribution in [-0.2, 0) is 5.54 Å². The fourth-order valence-electron chi connectivity index (χ4n) is 5.02. The molecule has 0 radical (unpaired) electrons. The minimum atomic E-state index is -0.838. The third kappa shape index (κ3) is 4.00. The standard InChI is InChI=1S/C33H24N4O/c38-24-25-20-22-26(23-21-25)30-18-10-11-19-31(30)32-34-36-37(35-32)33(27-12-4-1-5-13-27,28-14-6-2-7-15-28)29-16-8-3-9-17-29/h1-24H. The molecular formula is C33H24N4O. The summed E-state index contributed by atoms with van der Waals surface area (Å²) in [6.45, 7) is 0. The summed E-state index contributed by atoms with van der Waals surface area (Å²) in [6, 6.07) is 46.3. The summed E-state index contributed by atoms with van der Waals surface area (Å²) in [4.78, 5) is 12.9. The average molecular weight is 493 g/mol. The highest BCUT2D eigenvalue weighted by molar-refractivity contribution is 5.82. The van der Waals surface area contributed by atoms with E-state index >= 15 is 0 Å². The number of hydrogen-bond acceptors (Lipinski definition) is 4. The molecule has 182 valence electrons. The van der Waals surface area contributed by atoms with Crippen molar-refractivity contribution in [2.24, 2.45) is 0 Å². The Morgan fingerprint density at radius 1 is 0.553 bits per heavy atom. The minimum absolute atomic E-state index is 0.521. The van der Waals surface area contributed by atoms with Crippen LogP contribution in [0.3, 0.4) is 0 Å². The van der Waals surface area contributed by atoms with Gasteiger partial charge in [0.05, 0.1) is 0 Å². The fraction of sp³-hybridized carbons (Fsp3) is 0.0303. The van der Waals surface area contributed by atoms with E-state index in [2.05, 4.69) is 46.7 Å². The molecule has 6 aromatic rings. The first-order valence-electron chi connectivity index (χ1n) is 12.4. The first-order valence-corrected chi connectivity index (χ1v) is 12.4. The van der Waals surface area contributed by atoms with E-state index in [4.69, 9.17) is 5.10 Å². The summed E-state index contributed by atoms with van der Waals surface area (Å²) in [6.07, 6.45) is 0.846. The molecule has 0 unspecified atom stereocenters. The number of carbonyl (C=O) groups excluding carboxylic acids is 1. The lowest BCUT2D eigenvalue weighted by molar-refractivity contribution is 0.112. The molecule has 1 heterocycles. The summed E-state index contributed by atoms with van der Waals surface area (Å²) in [5.41, 5.74) is 5.68. The number of nitrogens with zero attached hydrogens (tertiary/aromatic N) is 4. The van der Waals surface area contributed by atoms with E-state index in [1.165, 1.54) is 0 Å². The zero-order chi connectivity index (χ0) is 25.8. The molecule has 0 amide bonds. The second kappa shape index (κ2) is 10.1. The number of aromatic nitrogens is 4. The van der Waals surface area contributed by atoms with E-state index < -0.39 is 5.54 Å². The van der Waals surface area contributed by atoms with Gasteiger partial charge in [-0.05, 0) is 33.0 Å². The van der Waals surface area contributed by atoms with E-state index in [9.17, 15) is 4.79 Å². The van der Waals surface area contributed by atoms with Crippen LogP contribution in [0.1, 0.15) is 27.0 Å². The summed E-state index contributed by atoms with van der Waals surface area (Å²) in [7, 11) is 0. The lowest BCUT2D eigenvalue weighted by Gasteiger charge is -2.34. The van der Waals surface area contributed by atoms with Gasteiger partial charge in [-0.15, -0.1) is 15.0 Å². The molecule has 0 fully saturated rings. The Bertz CT molecular complexity index is 1560. The fourth-order valence-corrected chi connectivity index (χ4v) is 5.02. The predicted molar refractivity (Wildman–Crippen MR) is 149 cm³/mol. The normalized spacial score (nSPS) is 11.3. The molecule has 0 spiro atoms. The summed E-state index contributed by atoms with van der Waals surface area (Å²) in [5.74, 6) is 0.521. The van der Waals surface area contributed by atoms with Gasteiger partial charge in [-0.25, -0.2) is 0 Å². The van der Waals surface area contributed by atoms with Crippen molar-refractivity contribution in [1.82, 2.24) is 20.2 Å². The zero-order valence-corrected chi connectivity index (χ0v) is 20.6. The highest BCUT2D eigenvalue weighted by Gasteiger charge is 2.41. The van der Waals surface area contributed by atoms with Crippen molar-refractivity contribution in [3.05, 3.63) is 162 Å². The highest BCUT2D eigenvalue weighted by atomic mass is 16.1. The first kappa shape index (κ1) is 23.3. The Kier molecular flexibility index (Phi) is 6.16. The summed E-state index contributed by atoms with van der Waals surface area (Å²) in [5, 5.41) is 14.3. The maximum absolute atomic E-state index is 11.2. The van der Waals surface area contributed by atoms with Crippen LogP contribution in [0, 0.1) is 0 Å². The van der Waals surface area contributed by atoms with Crippen molar-refractivity contribution in [2.75, 3.05) is 0 Å². The van der Waals surface area contributed by atoms with Crippen molar-refractivity contribution >= 4 is 6.29 Å². The Hall–Kier alpha value is -5.16. The summed E-state index contributed by atoms with van der Waals surface area (Å²) >= 11 is 0. The molecule has 0 aliphatic heterocycles. The molecule has 0 N–H and O–H groups in total. The molecule has 6 rings (SSSR count). The average Bonchev–Trinajstić information content (AvgIpc) is 3.50.